The second-order valence-corrected chi connectivity index (χ2v) is 5.53. The van der Waals surface area contributed by atoms with Crippen LogP contribution in [0.3, 0.4) is 0 Å². The van der Waals surface area contributed by atoms with Crippen molar-refractivity contribution < 1.29 is 9.84 Å². The van der Waals surface area contributed by atoms with Gasteiger partial charge < -0.3 is 14.7 Å². The second kappa shape index (κ2) is 5.81. The van der Waals surface area contributed by atoms with Gasteiger partial charge in [0, 0.05) is 22.8 Å². The van der Waals surface area contributed by atoms with Crippen LogP contribution in [0.4, 0.5) is 11.5 Å². The van der Waals surface area contributed by atoms with Gasteiger partial charge in [0.15, 0.2) is 0 Å². The summed E-state index contributed by atoms with van der Waals surface area (Å²) in [6.45, 7) is 1.47. The lowest BCUT2D eigenvalue weighted by molar-refractivity contribution is 0.281. The summed E-state index contributed by atoms with van der Waals surface area (Å²) in [5.41, 5.74) is 1.80. The number of aliphatic hydroxyl groups excluding tert-OH is 1. The number of pyridine rings is 1. The Hall–Kier alpha value is -1.59. The van der Waals surface area contributed by atoms with Gasteiger partial charge in [-0.25, -0.2) is 4.98 Å². The number of fused-ring (bicyclic) bond motifs is 1. The van der Waals surface area contributed by atoms with Crippen LogP contribution in [0.25, 0.3) is 0 Å². The SMILES string of the molecule is OCc1cc(Br)cnc1N1CCCOc2ccccc21. The first kappa shape index (κ1) is 13.4. The Labute approximate surface area is 126 Å². The lowest BCUT2D eigenvalue weighted by Gasteiger charge is -2.24. The number of anilines is 2. The van der Waals surface area contributed by atoms with Crippen molar-refractivity contribution in [1.82, 2.24) is 4.98 Å². The Balaban J connectivity index is 2.10. The molecular formula is C15H15BrN2O2. The van der Waals surface area contributed by atoms with E-state index >= 15 is 0 Å². The molecule has 1 N–H and O–H groups in total. The number of rotatable bonds is 2. The first-order valence-corrected chi connectivity index (χ1v) is 7.33. The molecule has 0 aliphatic carbocycles. The predicted octanol–water partition coefficient (Wildman–Crippen LogP) is 3.26. The minimum absolute atomic E-state index is 0.0404. The van der Waals surface area contributed by atoms with E-state index < -0.39 is 0 Å². The zero-order valence-corrected chi connectivity index (χ0v) is 12.5. The summed E-state index contributed by atoms with van der Waals surface area (Å²) in [6.07, 6.45) is 2.67. The number of benzene rings is 1. The van der Waals surface area contributed by atoms with Crippen molar-refractivity contribution in [2.45, 2.75) is 13.0 Å². The molecule has 0 unspecified atom stereocenters. The molecule has 4 nitrogen and oxygen atoms in total. The molecule has 5 heteroatoms. The second-order valence-electron chi connectivity index (χ2n) is 4.62. The molecule has 3 rings (SSSR count). The van der Waals surface area contributed by atoms with Crippen LogP contribution in [0.15, 0.2) is 41.0 Å². The predicted molar refractivity (Wildman–Crippen MR) is 81.4 cm³/mol. The summed E-state index contributed by atoms with van der Waals surface area (Å²) in [6, 6.07) is 9.83. The third-order valence-corrected chi connectivity index (χ3v) is 3.71. The number of halogens is 1. The van der Waals surface area contributed by atoms with Gasteiger partial charge in [0.25, 0.3) is 0 Å². The zero-order chi connectivity index (χ0) is 13.9. The molecule has 1 aromatic carbocycles. The van der Waals surface area contributed by atoms with Gasteiger partial charge in [-0.15, -0.1) is 0 Å². The monoisotopic (exact) mass is 334 g/mol. The minimum Gasteiger partial charge on any atom is -0.491 e. The number of hydrogen-bond acceptors (Lipinski definition) is 4. The molecule has 0 atom stereocenters. The van der Waals surface area contributed by atoms with Gasteiger partial charge in [-0.05, 0) is 40.5 Å². The number of aromatic nitrogens is 1. The minimum atomic E-state index is -0.0404. The molecule has 0 saturated heterocycles. The number of para-hydroxylation sites is 2. The lowest BCUT2D eigenvalue weighted by atomic mass is 10.2. The molecule has 0 fully saturated rings. The van der Waals surface area contributed by atoms with E-state index in [2.05, 4.69) is 25.8 Å². The topological polar surface area (TPSA) is 45.6 Å². The van der Waals surface area contributed by atoms with E-state index in [1.807, 2.05) is 30.3 Å². The molecule has 1 aliphatic rings. The molecular weight excluding hydrogens is 320 g/mol. The third-order valence-electron chi connectivity index (χ3n) is 3.28. The highest BCUT2D eigenvalue weighted by Gasteiger charge is 2.20. The first-order valence-electron chi connectivity index (χ1n) is 6.54. The normalized spacial score (nSPS) is 14.4. The molecule has 104 valence electrons. The van der Waals surface area contributed by atoms with Gasteiger partial charge in [0.2, 0.25) is 0 Å². The fourth-order valence-electron chi connectivity index (χ4n) is 2.38. The molecule has 2 heterocycles. The van der Waals surface area contributed by atoms with E-state index in [1.165, 1.54) is 0 Å². The lowest BCUT2D eigenvalue weighted by Crippen LogP contribution is -2.20. The quantitative estimate of drug-likeness (QED) is 0.915. The van der Waals surface area contributed by atoms with Crippen molar-refractivity contribution >= 4 is 27.4 Å². The maximum atomic E-state index is 9.57. The zero-order valence-electron chi connectivity index (χ0n) is 10.9. The van der Waals surface area contributed by atoms with Crippen LogP contribution >= 0.6 is 15.9 Å². The summed E-state index contributed by atoms with van der Waals surface area (Å²) in [5.74, 6) is 1.65. The average molecular weight is 335 g/mol. The third kappa shape index (κ3) is 2.51. The molecule has 0 radical (unpaired) electrons. The van der Waals surface area contributed by atoms with Gasteiger partial charge in [-0.1, -0.05) is 12.1 Å². The maximum absolute atomic E-state index is 9.57. The Morgan fingerprint density at radius 2 is 2.20 bits per heavy atom. The van der Waals surface area contributed by atoms with Crippen molar-refractivity contribution in [3.05, 3.63) is 46.6 Å². The summed E-state index contributed by atoms with van der Waals surface area (Å²) in [7, 11) is 0. The largest absolute Gasteiger partial charge is 0.491 e. The molecule has 1 aliphatic heterocycles. The fraction of sp³-hybridized carbons (Fsp3) is 0.267. The number of hydrogen-bond donors (Lipinski definition) is 1. The number of ether oxygens (including phenoxy) is 1. The van der Waals surface area contributed by atoms with Crippen LogP contribution in [-0.4, -0.2) is 23.2 Å². The first-order chi connectivity index (χ1) is 9.79. The standard InChI is InChI=1S/C15H15BrN2O2/c16-12-8-11(10-19)15(17-9-12)18-6-3-7-20-14-5-2-1-4-13(14)18/h1-2,4-5,8-9,19H,3,6-7,10H2. The van der Waals surface area contributed by atoms with Gasteiger partial charge in [0.1, 0.15) is 11.6 Å². The summed E-state index contributed by atoms with van der Waals surface area (Å²) >= 11 is 3.39. The van der Waals surface area contributed by atoms with Gasteiger partial charge >= 0.3 is 0 Å². The molecule has 0 spiro atoms. The van der Waals surface area contributed by atoms with Gasteiger partial charge in [-0.3, -0.25) is 0 Å². The van der Waals surface area contributed by atoms with Crippen molar-refractivity contribution in [3.63, 3.8) is 0 Å². The molecule has 0 saturated carbocycles. The highest BCUT2D eigenvalue weighted by Crippen LogP contribution is 2.36. The van der Waals surface area contributed by atoms with Crippen LogP contribution in [0.5, 0.6) is 5.75 Å². The van der Waals surface area contributed by atoms with E-state index in [0.717, 1.165) is 40.3 Å². The van der Waals surface area contributed by atoms with Crippen LogP contribution in [-0.2, 0) is 6.61 Å². The Morgan fingerprint density at radius 1 is 1.35 bits per heavy atom. The van der Waals surface area contributed by atoms with E-state index in [4.69, 9.17) is 4.74 Å². The van der Waals surface area contributed by atoms with E-state index in [0.29, 0.717) is 6.61 Å². The summed E-state index contributed by atoms with van der Waals surface area (Å²) < 4.78 is 6.62. The molecule has 0 bridgehead atoms. The van der Waals surface area contributed by atoms with Crippen molar-refractivity contribution in [2.75, 3.05) is 18.1 Å². The highest BCUT2D eigenvalue weighted by molar-refractivity contribution is 9.10. The fourth-order valence-corrected chi connectivity index (χ4v) is 2.76. The number of nitrogens with zero attached hydrogens (tertiary/aromatic N) is 2. The average Bonchev–Trinajstić information content (AvgIpc) is 2.69. The van der Waals surface area contributed by atoms with Gasteiger partial charge in [0.05, 0.1) is 18.9 Å². The summed E-state index contributed by atoms with van der Waals surface area (Å²) in [4.78, 5) is 6.59. The van der Waals surface area contributed by atoms with Crippen molar-refractivity contribution in [3.8, 4) is 5.75 Å². The van der Waals surface area contributed by atoms with E-state index in [1.54, 1.807) is 6.20 Å². The van der Waals surface area contributed by atoms with Gasteiger partial charge in [-0.2, -0.15) is 0 Å². The van der Waals surface area contributed by atoms with Crippen molar-refractivity contribution in [1.29, 1.82) is 0 Å². The Bertz CT molecular complexity index is 619. The highest BCUT2D eigenvalue weighted by atomic mass is 79.9. The van der Waals surface area contributed by atoms with Crippen LogP contribution in [0.1, 0.15) is 12.0 Å². The Kier molecular flexibility index (Phi) is 3.89. The van der Waals surface area contributed by atoms with Crippen LogP contribution < -0.4 is 9.64 Å². The molecule has 2 aromatic rings. The smallest absolute Gasteiger partial charge is 0.142 e. The molecule has 1 aromatic heterocycles. The van der Waals surface area contributed by atoms with Crippen LogP contribution in [0.2, 0.25) is 0 Å². The molecule has 20 heavy (non-hydrogen) atoms. The molecule has 0 amide bonds. The van der Waals surface area contributed by atoms with E-state index in [-0.39, 0.29) is 6.61 Å². The Morgan fingerprint density at radius 3 is 3.05 bits per heavy atom. The van der Waals surface area contributed by atoms with Crippen LogP contribution in [0, 0.1) is 0 Å². The summed E-state index contributed by atoms with van der Waals surface area (Å²) in [5, 5.41) is 9.57. The number of aliphatic hydroxyl groups is 1. The van der Waals surface area contributed by atoms with E-state index in [9.17, 15) is 5.11 Å². The van der Waals surface area contributed by atoms with Crippen molar-refractivity contribution in [2.24, 2.45) is 0 Å². The maximum Gasteiger partial charge on any atom is 0.142 e.